The van der Waals surface area contributed by atoms with Crippen LogP contribution in [0.25, 0.3) is 11.1 Å². The molecule has 2 aromatic carbocycles. The van der Waals surface area contributed by atoms with Crippen molar-refractivity contribution in [2.75, 3.05) is 18.1 Å². The van der Waals surface area contributed by atoms with Crippen molar-refractivity contribution >= 4 is 31.7 Å². The molecule has 1 heterocycles. The van der Waals surface area contributed by atoms with Gasteiger partial charge in [0.2, 0.25) is 0 Å². The van der Waals surface area contributed by atoms with Gasteiger partial charge < -0.3 is 10.1 Å². The SMILES string of the molecule is O=C(COc1ccc(-c2ccc(Br)cc2)cc1)N[C@@H]1CCS(=O)(=O)C1. The molecule has 0 unspecified atom stereocenters. The average molecular weight is 424 g/mol. The highest BCUT2D eigenvalue weighted by Gasteiger charge is 2.28. The normalized spacial score (nSPS) is 18.7. The topological polar surface area (TPSA) is 72.5 Å². The second-order valence-corrected chi connectivity index (χ2v) is 9.13. The molecule has 1 aliphatic heterocycles. The number of carbonyl (C=O) groups is 1. The zero-order chi connectivity index (χ0) is 17.9. The van der Waals surface area contributed by atoms with E-state index in [1.807, 2.05) is 48.5 Å². The standard InChI is InChI=1S/C18H18BrNO4S/c19-15-5-1-13(2-6-15)14-3-7-17(8-4-14)24-11-18(21)20-16-9-10-25(22,23)12-16/h1-8,16H,9-12H2,(H,20,21)/t16-/m1/s1. The summed E-state index contributed by atoms with van der Waals surface area (Å²) in [4.78, 5) is 11.9. The molecule has 1 saturated heterocycles. The summed E-state index contributed by atoms with van der Waals surface area (Å²) in [5.74, 6) is 0.436. The predicted octanol–water partition coefficient (Wildman–Crippen LogP) is 2.80. The van der Waals surface area contributed by atoms with E-state index in [0.29, 0.717) is 12.2 Å². The third kappa shape index (κ3) is 5.06. The summed E-state index contributed by atoms with van der Waals surface area (Å²) in [7, 11) is -3.00. The molecule has 0 aromatic heterocycles. The van der Waals surface area contributed by atoms with E-state index in [1.165, 1.54) is 0 Å². The van der Waals surface area contributed by atoms with Gasteiger partial charge in [0.15, 0.2) is 16.4 Å². The first-order valence-corrected chi connectivity index (χ1v) is 10.5. The summed E-state index contributed by atoms with van der Waals surface area (Å²) in [6.07, 6.45) is 0.468. The molecule has 0 radical (unpaired) electrons. The zero-order valence-corrected chi connectivity index (χ0v) is 15.8. The third-order valence-corrected chi connectivity index (χ3v) is 6.30. The summed E-state index contributed by atoms with van der Waals surface area (Å²) in [6.45, 7) is -0.131. The quantitative estimate of drug-likeness (QED) is 0.802. The summed E-state index contributed by atoms with van der Waals surface area (Å²) < 4.78 is 29.3. The number of sulfone groups is 1. The van der Waals surface area contributed by atoms with Crippen molar-refractivity contribution in [2.24, 2.45) is 0 Å². The zero-order valence-electron chi connectivity index (χ0n) is 13.4. The summed E-state index contributed by atoms with van der Waals surface area (Å²) in [6, 6.07) is 15.2. The molecule has 1 fully saturated rings. The molecule has 0 spiro atoms. The van der Waals surface area contributed by atoms with Gasteiger partial charge in [-0.05, 0) is 41.8 Å². The van der Waals surface area contributed by atoms with Crippen LogP contribution in [0.5, 0.6) is 5.75 Å². The van der Waals surface area contributed by atoms with Gasteiger partial charge >= 0.3 is 0 Å². The molecule has 1 amide bonds. The van der Waals surface area contributed by atoms with Crippen molar-refractivity contribution in [3.8, 4) is 16.9 Å². The number of hydrogen-bond acceptors (Lipinski definition) is 4. The van der Waals surface area contributed by atoms with Crippen LogP contribution in [0.15, 0.2) is 53.0 Å². The summed E-state index contributed by atoms with van der Waals surface area (Å²) in [5, 5.41) is 2.70. The molecular weight excluding hydrogens is 406 g/mol. The van der Waals surface area contributed by atoms with Crippen LogP contribution in [0.3, 0.4) is 0 Å². The second-order valence-electron chi connectivity index (χ2n) is 5.99. The molecule has 1 N–H and O–H groups in total. The van der Waals surface area contributed by atoms with Crippen LogP contribution in [0.4, 0.5) is 0 Å². The smallest absolute Gasteiger partial charge is 0.258 e. The highest BCUT2D eigenvalue weighted by atomic mass is 79.9. The Morgan fingerprint density at radius 2 is 1.68 bits per heavy atom. The van der Waals surface area contributed by atoms with Crippen LogP contribution < -0.4 is 10.1 Å². The lowest BCUT2D eigenvalue weighted by Gasteiger charge is -2.12. The van der Waals surface area contributed by atoms with Gasteiger partial charge in [0, 0.05) is 10.5 Å². The largest absolute Gasteiger partial charge is 0.484 e. The van der Waals surface area contributed by atoms with E-state index in [2.05, 4.69) is 21.2 Å². The Morgan fingerprint density at radius 3 is 2.24 bits per heavy atom. The first-order valence-electron chi connectivity index (χ1n) is 7.90. The number of ether oxygens (including phenoxy) is 1. The fourth-order valence-electron chi connectivity index (χ4n) is 2.71. The average Bonchev–Trinajstić information content (AvgIpc) is 2.93. The number of halogens is 1. The fraction of sp³-hybridized carbons (Fsp3) is 0.278. The third-order valence-electron chi connectivity index (χ3n) is 4.00. The van der Waals surface area contributed by atoms with Gasteiger partial charge in [-0.15, -0.1) is 0 Å². The van der Waals surface area contributed by atoms with E-state index in [9.17, 15) is 13.2 Å². The molecular formula is C18H18BrNO4S. The number of hydrogen-bond donors (Lipinski definition) is 1. The van der Waals surface area contributed by atoms with Crippen LogP contribution in [0, 0.1) is 0 Å². The Balaban J connectivity index is 1.51. The molecule has 0 bridgehead atoms. The molecule has 132 valence electrons. The van der Waals surface area contributed by atoms with Gasteiger partial charge in [-0.1, -0.05) is 40.2 Å². The predicted molar refractivity (Wildman–Crippen MR) is 100 cm³/mol. The number of rotatable bonds is 5. The van der Waals surface area contributed by atoms with Crippen LogP contribution in [-0.4, -0.2) is 38.5 Å². The van der Waals surface area contributed by atoms with Crippen molar-refractivity contribution in [1.29, 1.82) is 0 Å². The Labute approximate surface area is 155 Å². The summed E-state index contributed by atoms with van der Waals surface area (Å²) in [5.41, 5.74) is 2.15. The fourth-order valence-corrected chi connectivity index (χ4v) is 4.65. The van der Waals surface area contributed by atoms with Crippen molar-refractivity contribution in [3.63, 3.8) is 0 Å². The van der Waals surface area contributed by atoms with E-state index in [1.54, 1.807) is 0 Å². The van der Waals surface area contributed by atoms with Gasteiger partial charge in [0.25, 0.3) is 5.91 Å². The van der Waals surface area contributed by atoms with Crippen LogP contribution in [-0.2, 0) is 14.6 Å². The van der Waals surface area contributed by atoms with Gasteiger partial charge in [0.1, 0.15) is 5.75 Å². The monoisotopic (exact) mass is 423 g/mol. The molecule has 7 heteroatoms. The minimum atomic E-state index is -3.00. The van der Waals surface area contributed by atoms with Gasteiger partial charge in [-0.25, -0.2) is 8.42 Å². The minimum Gasteiger partial charge on any atom is -0.484 e. The van der Waals surface area contributed by atoms with Crippen molar-refractivity contribution in [3.05, 3.63) is 53.0 Å². The number of amides is 1. The lowest BCUT2D eigenvalue weighted by atomic mass is 10.1. The molecule has 5 nitrogen and oxygen atoms in total. The van der Waals surface area contributed by atoms with Crippen LogP contribution in [0.1, 0.15) is 6.42 Å². The maximum Gasteiger partial charge on any atom is 0.258 e. The maximum atomic E-state index is 11.9. The Hall–Kier alpha value is -1.86. The van der Waals surface area contributed by atoms with E-state index in [4.69, 9.17) is 4.74 Å². The van der Waals surface area contributed by atoms with E-state index < -0.39 is 9.84 Å². The highest BCUT2D eigenvalue weighted by molar-refractivity contribution is 9.10. The van der Waals surface area contributed by atoms with Gasteiger partial charge in [-0.2, -0.15) is 0 Å². The number of carbonyl (C=O) groups excluding carboxylic acids is 1. The van der Waals surface area contributed by atoms with E-state index >= 15 is 0 Å². The molecule has 25 heavy (non-hydrogen) atoms. The lowest BCUT2D eigenvalue weighted by Crippen LogP contribution is -2.38. The van der Waals surface area contributed by atoms with Gasteiger partial charge in [0.05, 0.1) is 11.5 Å². The lowest BCUT2D eigenvalue weighted by molar-refractivity contribution is -0.123. The maximum absolute atomic E-state index is 11.9. The molecule has 3 rings (SSSR count). The van der Waals surface area contributed by atoms with Gasteiger partial charge in [-0.3, -0.25) is 4.79 Å². The van der Waals surface area contributed by atoms with Crippen molar-refractivity contribution < 1.29 is 17.9 Å². The molecule has 2 aromatic rings. The van der Waals surface area contributed by atoms with E-state index in [0.717, 1.165) is 15.6 Å². The first kappa shape index (κ1) is 17.9. The van der Waals surface area contributed by atoms with Crippen molar-refractivity contribution in [1.82, 2.24) is 5.32 Å². The molecule has 0 saturated carbocycles. The number of benzene rings is 2. The molecule has 1 aliphatic rings. The molecule has 1 atom stereocenters. The Kier molecular flexibility index (Phi) is 5.44. The van der Waals surface area contributed by atoms with E-state index in [-0.39, 0.29) is 30.1 Å². The minimum absolute atomic E-state index is 0.0145. The summed E-state index contributed by atoms with van der Waals surface area (Å²) >= 11 is 3.41. The Morgan fingerprint density at radius 1 is 1.08 bits per heavy atom. The first-order chi connectivity index (χ1) is 11.9. The Bertz CT molecular complexity index is 848. The second kappa shape index (κ2) is 7.58. The number of nitrogens with one attached hydrogen (secondary N) is 1. The van der Waals surface area contributed by atoms with Crippen molar-refractivity contribution in [2.45, 2.75) is 12.5 Å². The van der Waals surface area contributed by atoms with Crippen LogP contribution >= 0.6 is 15.9 Å². The van der Waals surface area contributed by atoms with Crippen LogP contribution in [0.2, 0.25) is 0 Å². The highest BCUT2D eigenvalue weighted by Crippen LogP contribution is 2.24. The molecule has 0 aliphatic carbocycles.